The fourth-order valence-corrected chi connectivity index (χ4v) is 3.63. The minimum atomic E-state index is -1.45. The summed E-state index contributed by atoms with van der Waals surface area (Å²) in [5.41, 5.74) is 11.9. The van der Waals surface area contributed by atoms with Crippen molar-refractivity contribution >= 4 is 35.5 Å². The number of unbranched alkanes of at least 4 members (excludes halogenated alkanes) is 1. The molecule has 198 valence electrons. The number of aliphatic hydroxyl groups excluding tert-OH is 1. The molecule has 1 heterocycles. The van der Waals surface area contributed by atoms with Gasteiger partial charge in [0.05, 0.1) is 18.5 Å². The van der Waals surface area contributed by atoms with Crippen LogP contribution in [0, 0.1) is 0 Å². The molecular formula is C21H37N7O6S. The van der Waals surface area contributed by atoms with Crippen LogP contribution in [0.4, 0.5) is 0 Å². The molecule has 0 bridgehead atoms. The standard InChI is InChI=1S/C21H37N7O6S/c1-12(29)17(20(32)27-16(21(33)34)9-13-10-24-11-25-13)28-19(31)15(6-8-35-2)26-18(30)14(23)5-3-4-7-22/h10-12,14-17,29H,3-9,22-23H2,1-2H3,(H,24,25)(H,26,30)(H,27,32)(H,28,31)(H,33,34). The van der Waals surface area contributed by atoms with Gasteiger partial charge in [0.1, 0.15) is 18.1 Å². The highest BCUT2D eigenvalue weighted by Crippen LogP contribution is 2.06. The van der Waals surface area contributed by atoms with Crippen molar-refractivity contribution in [1.29, 1.82) is 0 Å². The van der Waals surface area contributed by atoms with Crippen LogP contribution < -0.4 is 27.4 Å². The Bertz CT molecular complexity index is 808. The number of H-pyrrole nitrogens is 1. The van der Waals surface area contributed by atoms with Crippen LogP contribution in [-0.2, 0) is 25.6 Å². The van der Waals surface area contributed by atoms with Crippen molar-refractivity contribution in [3.63, 3.8) is 0 Å². The van der Waals surface area contributed by atoms with Crippen molar-refractivity contribution in [3.8, 4) is 0 Å². The van der Waals surface area contributed by atoms with Crippen LogP contribution in [-0.4, -0.2) is 92.7 Å². The third kappa shape index (κ3) is 11.1. The van der Waals surface area contributed by atoms with E-state index in [1.54, 1.807) is 0 Å². The Labute approximate surface area is 208 Å². The maximum Gasteiger partial charge on any atom is 0.326 e. The number of carboxylic acids is 1. The van der Waals surface area contributed by atoms with Crippen LogP contribution in [0.15, 0.2) is 12.5 Å². The highest BCUT2D eigenvalue weighted by atomic mass is 32.2. The first-order valence-electron chi connectivity index (χ1n) is 11.3. The number of nitrogens with one attached hydrogen (secondary N) is 4. The van der Waals surface area contributed by atoms with Crippen LogP contribution in [0.1, 0.15) is 38.3 Å². The van der Waals surface area contributed by atoms with Crippen molar-refractivity contribution in [1.82, 2.24) is 25.9 Å². The van der Waals surface area contributed by atoms with Gasteiger partial charge >= 0.3 is 5.97 Å². The molecule has 1 rings (SSSR count). The molecule has 0 fully saturated rings. The molecule has 5 atom stereocenters. The van der Waals surface area contributed by atoms with Gasteiger partial charge in [0.2, 0.25) is 17.7 Å². The van der Waals surface area contributed by atoms with Gasteiger partial charge in [-0.2, -0.15) is 11.8 Å². The van der Waals surface area contributed by atoms with Gasteiger partial charge in [-0.05, 0) is 44.7 Å². The molecule has 35 heavy (non-hydrogen) atoms. The van der Waals surface area contributed by atoms with Crippen molar-refractivity contribution < 1.29 is 29.4 Å². The number of hydrogen-bond acceptors (Lipinski definition) is 9. The number of aliphatic carboxylic acids is 1. The molecule has 0 aliphatic carbocycles. The average molecular weight is 516 g/mol. The van der Waals surface area contributed by atoms with Gasteiger partial charge in [-0.3, -0.25) is 14.4 Å². The summed E-state index contributed by atoms with van der Waals surface area (Å²) < 4.78 is 0. The number of carboxylic acid groups (broad SMARTS) is 1. The normalized spacial score (nSPS) is 15.3. The van der Waals surface area contributed by atoms with E-state index in [-0.39, 0.29) is 12.8 Å². The molecule has 0 saturated carbocycles. The lowest BCUT2D eigenvalue weighted by molar-refractivity contribution is -0.143. The molecule has 13 nitrogen and oxygen atoms in total. The van der Waals surface area contributed by atoms with Crippen LogP contribution >= 0.6 is 11.8 Å². The highest BCUT2D eigenvalue weighted by molar-refractivity contribution is 7.98. The first kappa shape index (κ1) is 30.4. The number of aliphatic hydroxyl groups is 1. The van der Waals surface area contributed by atoms with Crippen molar-refractivity contribution in [2.75, 3.05) is 18.6 Å². The van der Waals surface area contributed by atoms with Gasteiger partial charge in [0.25, 0.3) is 0 Å². The van der Waals surface area contributed by atoms with E-state index in [9.17, 15) is 29.4 Å². The number of nitrogens with zero attached hydrogens (tertiary/aromatic N) is 1. The summed E-state index contributed by atoms with van der Waals surface area (Å²) in [4.78, 5) is 56.4. The Kier molecular flexibility index (Phi) is 13.9. The van der Waals surface area contributed by atoms with E-state index in [2.05, 4.69) is 25.9 Å². The first-order chi connectivity index (χ1) is 16.6. The minimum absolute atomic E-state index is 0.0734. The number of rotatable bonds is 17. The average Bonchev–Trinajstić information content (AvgIpc) is 3.32. The maximum atomic E-state index is 12.9. The molecule has 0 saturated heterocycles. The van der Waals surface area contributed by atoms with E-state index in [0.29, 0.717) is 30.8 Å². The van der Waals surface area contributed by atoms with E-state index in [4.69, 9.17) is 11.5 Å². The zero-order chi connectivity index (χ0) is 26.4. The quantitative estimate of drug-likeness (QED) is 0.107. The number of nitrogens with two attached hydrogens (primary N) is 2. The SMILES string of the molecule is CSCCC(NC(=O)C(N)CCCCN)C(=O)NC(C(=O)NC(Cc1cnc[nH]1)C(=O)O)C(C)O. The van der Waals surface area contributed by atoms with Crippen LogP contribution in [0.3, 0.4) is 0 Å². The van der Waals surface area contributed by atoms with Crippen LogP contribution in [0.2, 0.25) is 0 Å². The van der Waals surface area contributed by atoms with Crippen molar-refractivity contribution in [2.24, 2.45) is 11.5 Å². The molecular weight excluding hydrogens is 478 g/mol. The van der Waals surface area contributed by atoms with Crippen molar-refractivity contribution in [3.05, 3.63) is 18.2 Å². The molecule has 10 N–H and O–H groups in total. The second-order valence-electron chi connectivity index (χ2n) is 8.14. The van der Waals surface area contributed by atoms with E-state index in [1.807, 2.05) is 6.26 Å². The number of amides is 3. The van der Waals surface area contributed by atoms with E-state index < -0.39 is 54.0 Å². The Balaban J connectivity index is 2.86. The predicted octanol–water partition coefficient (Wildman–Crippen LogP) is -1.92. The first-order valence-corrected chi connectivity index (χ1v) is 12.7. The Hall–Kier alpha value is -2.68. The fourth-order valence-electron chi connectivity index (χ4n) is 3.16. The Morgan fingerprint density at radius 1 is 1.09 bits per heavy atom. The zero-order valence-corrected chi connectivity index (χ0v) is 20.8. The third-order valence-electron chi connectivity index (χ3n) is 5.21. The van der Waals surface area contributed by atoms with Crippen LogP contribution in [0.25, 0.3) is 0 Å². The largest absolute Gasteiger partial charge is 0.480 e. The summed E-state index contributed by atoms with van der Waals surface area (Å²) in [6, 6.07) is -4.58. The minimum Gasteiger partial charge on any atom is -0.480 e. The summed E-state index contributed by atoms with van der Waals surface area (Å²) in [6.45, 7) is 1.78. The number of hydrogen-bond donors (Lipinski definition) is 8. The van der Waals surface area contributed by atoms with Crippen molar-refractivity contribution in [2.45, 2.75) is 69.3 Å². The Morgan fingerprint density at radius 3 is 2.31 bits per heavy atom. The smallest absolute Gasteiger partial charge is 0.326 e. The summed E-state index contributed by atoms with van der Waals surface area (Å²) in [5, 5.41) is 27.0. The summed E-state index contributed by atoms with van der Waals surface area (Å²) in [5.74, 6) is -2.83. The number of carbonyl (C=O) groups is 4. The van der Waals surface area contributed by atoms with E-state index in [1.165, 1.54) is 31.2 Å². The molecule has 3 amide bonds. The monoisotopic (exact) mass is 515 g/mol. The van der Waals surface area contributed by atoms with Gasteiger partial charge in [-0.25, -0.2) is 9.78 Å². The molecule has 5 unspecified atom stereocenters. The lowest BCUT2D eigenvalue weighted by Gasteiger charge is -2.26. The lowest BCUT2D eigenvalue weighted by Crippen LogP contribution is -2.60. The molecule has 0 aliphatic rings. The van der Waals surface area contributed by atoms with Gasteiger partial charge in [0.15, 0.2) is 0 Å². The topological polar surface area (TPSA) is 226 Å². The molecule has 0 radical (unpaired) electrons. The van der Waals surface area contributed by atoms with Gasteiger partial charge in [-0.15, -0.1) is 0 Å². The summed E-state index contributed by atoms with van der Waals surface area (Å²) in [6.07, 6.45) is 5.29. The second kappa shape index (κ2) is 16.1. The summed E-state index contributed by atoms with van der Waals surface area (Å²) in [7, 11) is 0. The number of aromatic nitrogens is 2. The number of carbonyl (C=O) groups excluding carboxylic acids is 3. The van der Waals surface area contributed by atoms with E-state index in [0.717, 1.165) is 6.42 Å². The molecule has 0 aromatic carbocycles. The van der Waals surface area contributed by atoms with Gasteiger partial charge < -0.3 is 42.6 Å². The molecule has 1 aromatic rings. The number of aromatic amines is 1. The molecule has 14 heteroatoms. The maximum absolute atomic E-state index is 12.9. The van der Waals surface area contributed by atoms with E-state index >= 15 is 0 Å². The van der Waals surface area contributed by atoms with Gasteiger partial charge in [-0.1, -0.05) is 6.42 Å². The fraction of sp³-hybridized carbons (Fsp3) is 0.667. The number of thioether (sulfide) groups is 1. The summed E-state index contributed by atoms with van der Waals surface area (Å²) >= 11 is 1.47. The predicted molar refractivity (Wildman–Crippen MR) is 131 cm³/mol. The van der Waals surface area contributed by atoms with Crippen LogP contribution in [0.5, 0.6) is 0 Å². The lowest BCUT2D eigenvalue weighted by atomic mass is 10.1. The molecule has 0 aliphatic heterocycles. The van der Waals surface area contributed by atoms with Gasteiger partial charge in [0, 0.05) is 18.3 Å². The Morgan fingerprint density at radius 2 is 1.77 bits per heavy atom. The third-order valence-corrected chi connectivity index (χ3v) is 5.85. The number of imidazole rings is 1. The molecule has 0 spiro atoms. The zero-order valence-electron chi connectivity index (χ0n) is 20.0. The molecule has 1 aromatic heterocycles. The second-order valence-corrected chi connectivity index (χ2v) is 9.13. The highest BCUT2D eigenvalue weighted by Gasteiger charge is 2.32.